The van der Waals surface area contributed by atoms with Crippen molar-refractivity contribution in [3.05, 3.63) is 35.8 Å². The van der Waals surface area contributed by atoms with Gasteiger partial charge in [-0.3, -0.25) is 0 Å². The van der Waals surface area contributed by atoms with E-state index >= 15 is 0 Å². The van der Waals surface area contributed by atoms with E-state index < -0.39 is 0 Å². The molecule has 90 valence electrons. The molecule has 1 aliphatic rings. The lowest BCUT2D eigenvalue weighted by Gasteiger charge is -2.05. The third-order valence-electron chi connectivity index (χ3n) is 3.33. The molecule has 0 radical (unpaired) electrons. The maximum Gasteiger partial charge on any atom is 0.134 e. The molecular formula is C14H14BrFO. The maximum atomic E-state index is 13.0. The Labute approximate surface area is 108 Å². The molecule has 1 saturated carbocycles. The standard InChI is InChI=1S/C14H14BrFO/c15-13(9-1-2-9)5-4-12-8-10-7-11(16)3-6-14(10)17-12/h3,6-9,13H,1-2,4-5H2. The molecule has 1 aliphatic carbocycles. The minimum Gasteiger partial charge on any atom is -0.461 e. The summed E-state index contributed by atoms with van der Waals surface area (Å²) in [6, 6.07) is 6.60. The molecule has 0 spiro atoms. The van der Waals surface area contributed by atoms with Gasteiger partial charge in [0.15, 0.2) is 0 Å². The summed E-state index contributed by atoms with van der Waals surface area (Å²) >= 11 is 3.72. The Bertz CT molecular complexity index is 530. The first-order chi connectivity index (χ1) is 8.22. The average molecular weight is 297 g/mol. The van der Waals surface area contributed by atoms with Gasteiger partial charge >= 0.3 is 0 Å². The largest absolute Gasteiger partial charge is 0.461 e. The van der Waals surface area contributed by atoms with Crippen LogP contribution in [0.15, 0.2) is 28.7 Å². The van der Waals surface area contributed by atoms with Crippen LogP contribution < -0.4 is 0 Å². The van der Waals surface area contributed by atoms with E-state index in [0.29, 0.717) is 4.83 Å². The van der Waals surface area contributed by atoms with E-state index in [1.54, 1.807) is 6.07 Å². The minimum atomic E-state index is -0.207. The Morgan fingerprint density at radius 3 is 2.94 bits per heavy atom. The second-order valence-electron chi connectivity index (χ2n) is 4.79. The smallest absolute Gasteiger partial charge is 0.134 e. The number of rotatable bonds is 4. The zero-order valence-electron chi connectivity index (χ0n) is 9.46. The van der Waals surface area contributed by atoms with Gasteiger partial charge in [-0.15, -0.1) is 0 Å². The lowest BCUT2D eigenvalue weighted by Crippen LogP contribution is -2.01. The molecule has 0 saturated heterocycles. The summed E-state index contributed by atoms with van der Waals surface area (Å²) in [5.41, 5.74) is 0.777. The molecular weight excluding hydrogens is 283 g/mol. The summed E-state index contributed by atoms with van der Waals surface area (Å²) in [6.45, 7) is 0. The van der Waals surface area contributed by atoms with Crippen molar-refractivity contribution < 1.29 is 8.81 Å². The van der Waals surface area contributed by atoms with E-state index in [2.05, 4.69) is 15.9 Å². The molecule has 0 N–H and O–H groups in total. The molecule has 1 heterocycles. The average Bonchev–Trinajstić information content (AvgIpc) is 3.07. The summed E-state index contributed by atoms with van der Waals surface area (Å²) in [5.74, 6) is 1.61. The monoisotopic (exact) mass is 296 g/mol. The zero-order chi connectivity index (χ0) is 11.8. The van der Waals surface area contributed by atoms with Gasteiger partial charge in [0.2, 0.25) is 0 Å². The first-order valence-corrected chi connectivity index (χ1v) is 6.96. The number of alkyl halides is 1. The van der Waals surface area contributed by atoms with Gasteiger partial charge in [-0.25, -0.2) is 4.39 Å². The molecule has 2 aromatic rings. The van der Waals surface area contributed by atoms with Crippen LogP contribution in [-0.2, 0) is 6.42 Å². The van der Waals surface area contributed by atoms with Crippen LogP contribution in [0.4, 0.5) is 4.39 Å². The van der Waals surface area contributed by atoms with Crippen LogP contribution in [0.25, 0.3) is 11.0 Å². The molecule has 1 nitrogen and oxygen atoms in total. The van der Waals surface area contributed by atoms with Gasteiger partial charge in [0.25, 0.3) is 0 Å². The number of hydrogen-bond acceptors (Lipinski definition) is 1. The number of benzene rings is 1. The normalized spacial score (nSPS) is 17.5. The fraction of sp³-hybridized carbons (Fsp3) is 0.429. The quantitative estimate of drug-likeness (QED) is 0.747. The van der Waals surface area contributed by atoms with Gasteiger partial charge in [-0.05, 0) is 49.4 Å². The number of aryl methyl sites for hydroxylation is 1. The maximum absolute atomic E-state index is 13.0. The molecule has 3 heteroatoms. The van der Waals surface area contributed by atoms with Crippen molar-refractivity contribution >= 4 is 26.9 Å². The first kappa shape index (κ1) is 11.3. The molecule has 0 amide bonds. The van der Waals surface area contributed by atoms with Gasteiger partial charge in [-0.1, -0.05) is 15.9 Å². The molecule has 1 aromatic heterocycles. The van der Waals surface area contributed by atoms with Crippen LogP contribution in [-0.4, -0.2) is 4.83 Å². The minimum absolute atomic E-state index is 0.207. The lowest BCUT2D eigenvalue weighted by atomic mass is 10.1. The van der Waals surface area contributed by atoms with Crippen molar-refractivity contribution in [2.75, 3.05) is 0 Å². The van der Waals surface area contributed by atoms with Gasteiger partial charge in [-0.2, -0.15) is 0 Å². The molecule has 1 fully saturated rings. The predicted octanol–water partition coefficient (Wildman–Crippen LogP) is 4.68. The van der Waals surface area contributed by atoms with Crippen molar-refractivity contribution in [3.8, 4) is 0 Å². The van der Waals surface area contributed by atoms with Crippen LogP contribution >= 0.6 is 15.9 Å². The predicted molar refractivity (Wildman–Crippen MR) is 69.9 cm³/mol. The third-order valence-corrected chi connectivity index (χ3v) is 4.53. The van der Waals surface area contributed by atoms with E-state index in [1.165, 1.54) is 25.0 Å². The van der Waals surface area contributed by atoms with Crippen LogP contribution in [0, 0.1) is 11.7 Å². The highest BCUT2D eigenvalue weighted by molar-refractivity contribution is 9.09. The number of fused-ring (bicyclic) bond motifs is 1. The van der Waals surface area contributed by atoms with E-state index in [0.717, 1.165) is 35.5 Å². The summed E-state index contributed by atoms with van der Waals surface area (Å²) in [6.07, 6.45) is 4.71. The van der Waals surface area contributed by atoms with Crippen LogP contribution in [0.3, 0.4) is 0 Å². The second-order valence-corrected chi connectivity index (χ2v) is 5.96. The number of furan rings is 1. The number of hydrogen-bond donors (Lipinski definition) is 0. The molecule has 3 rings (SSSR count). The Kier molecular flexibility index (Phi) is 2.95. The lowest BCUT2D eigenvalue weighted by molar-refractivity contribution is 0.530. The van der Waals surface area contributed by atoms with Crippen molar-refractivity contribution in [1.82, 2.24) is 0 Å². The highest BCUT2D eigenvalue weighted by atomic mass is 79.9. The SMILES string of the molecule is Fc1ccc2oc(CCC(Br)C3CC3)cc2c1. The summed E-state index contributed by atoms with van der Waals surface area (Å²) < 4.78 is 18.7. The van der Waals surface area contributed by atoms with Gasteiger partial charge in [0.05, 0.1) is 0 Å². The molecule has 1 aromatic carbocycles. The first-order valence-electron chi connectivity index (χ1n) is 6.04. The second kappa shape index (κ2) is 4.45. The molecule has 1 unspecified atom stereocenters. The summed E-state index contributed by atoms with van der Waals surface area (Å²) in [4.78, 5) is 0.604. The Balaban J connectivity index is 1.72. The molecule has 0 aliphatic heterocycles. The highest BCUT2D eigenvalue weighted by Crippen LogP contribution is 2.38. The van der Waals surface area contributed by atoms with E-state index in [1.807, 2.05) is 6.07 Å². The molecule has 1 atom stereocenters. The van der Waals surface area contributed by atoms with Gasteiger partial charge < -0.3 is 4.42 Å². The Hall–Kier alpha value is -0.830. The topological polar surface area (TPSA) is 13.1 Å². The van der Waals surface area contributed by atoms with Crippen molar-refractivity contribution in [2.24, 2.45) is 5.92 Å². The zero-order valence-corrected chi connectivity index (χ0v) is 11.0. The third kappa shape index (κ3) is 2.54. The highest BCUT2D eigenvalue weighted by Gasteiger charge is 2.28. The Morgan fingerprint density at radius 1 is 1.35 bits per heavy atom. The fourth-order valence-corrected chi connectivity index (χ4v) is 2.92. The van der Waals surface area contributed by atoms with Crippen LogP contribution in [0.5, 0.6) is 0 Å². The number of halogens is 2. The van der Waals surface area contributed by atoms with E-state index in [-0.39, 0.29) is 5.82 Å². The fourth-order valence-electron chi connectivity index (χ4n) is 2.17. The van der Waals surface area contributed by atoms with E-state index in [9.17, 15) is 4.39 Å². The van der Waals surface area contributed by atoms with E-state index in [4.69, 9.17) is 4.42 Å². The van der Waals surface area contributed by atoms with Crippen LogP contribution in [0.1, 0.15) is 25.0 Å². The molecule has 0 bridgehead atoms. The van der Waals surface area contributed by atoms with Crippen LogP contribution in [0.2, 0.25) is 0 Å². The molecule has 17 heavy (non-hydrogen) atoms. The van der Waals surface area contributed by atoms with Crippen molar-refractivity contribution in [2.45, 2.75) is 30.5 Å². The van der Waals surface area contributed by atoms with Gasteiger partial charge in [0, 0.05) is 16.6 Å². The summed E-state index contributed by atoms with van der Waals surface area (Å²) in [5, 5.41) is 0.859. The Morgan fingerprint density at radius 2 is 2.18 bits per heavy atom. The summed E-state index contributed by atoms with van der Waals surface area (Å²) in [7, 11) is 0. The van der Waals surface area contributed by atoms with Crippen molar-refractivity contribution in [3.63, 3.8) is 0 Å². The van der Waals surface area contributed by atoms with Gasteiger partial charge in [0.1, 0.15) is 17.2 Å². The van der Waals surface area contributed by atoms with Crippen molar-refractivity contribution in [1.29, 1.82) is 0 Å².